The van der Waals surface area contributed by atoms with Crippen LogP contribution in [0.5, 0.6) is 17.2 Å². The Kier molecular flexibility index (Phi) is 7.21. The molecule has 0 radical (unpaired) electrons. The number of ether oxygens (including phenoxy) is 3. The van der Waals surface area contributed by atoms with Gasteiger partial charge in [-0.05, 0) is 44.0 Å². The number of methoxy groups -OCH3 is 3. The molecule has 0 fully saturated rings. The van der Waals surface area contributed by atoms with Crippen LogP contribution in [0.15, 0.2) is 36.0 Å². The fourth-order valence-corrected chi connectivity index (χ4v) is 2.66. The zero-order chi connectivity index (χ0) is 20.7. The molecule has 2 rings (SSSR count). The van der Waals surface area contributed by atoms with Gasteiger partial charge in [0.2, 0.25) is 0 Å². The van der Waals surface area contributed by atoms with Gasteiger partial charge < -0.3 is 19.3 Å². The third-order valence-corrected chi connectivity index (χ3v) is 4.14. The van der Waals surface area contributed by atoms with Crippen molar-refractivity contribution in [2.75, 3.05) is 21.3 Å². The van der Waals surface area contributed by atoms with E-state index in [1.54, 1.807) is 43.7 Å². The summed E-state index contributed by atoms with van der Waals surface area (Å²) in [6.07, 6.45) is 7.41. The van der Waals surface area contributed by atoms with E-state index in [1.807, 2.05) is 19.9 Å². The predicted molar refractivity (Wildman–Crippen MR) is 109 cm³/mol. The Morgan fingerprint density at radius 2 is 1.89 bits per heavy atom. The van der Waals surface area contributed by atoms with Crippen molar-refractivity contribution < 1.29 is 24.1 Å². The Hall–Kier alpha value is -3.28. The smallest absolute Gasteiger partial charge is 0.342 e. The number of nitrogens with zero attached hydrogens (tertiary/aromatic N) is 1. The number of esters is 1. The van der Waals surface area contributed by atoms with E-state index in [4.69, 9.17) is 14.2 Å². The topological polar surface area (TPSA) is 77.9 Å². The number of hydrogen-bond donors (Lipinski definition) is 1. The maximum absolute atomic E-state index is 12.3. The molecule has 0 bridgehead atoms. The van der Waals surface area contributed by atoms with Crippen molar-refractivity contribution in [3.63, 3.8) is 0 Å². The number of pyridine rings is 1. The summed E-state index contributed by atoms with van der Waals surface area (Å²) < 4.78 is 15.5. The van der Waals surface area contributed by atoms with Crippen LogP contribution < -0.4 is 9.47 Å². The second kappa shape index (κ2) is 9.60. The molecule has 148 valence electrons. The molecular formula is C22H25NO5. The van der Waals surface area contributed by atoms with Crippen molar-refractivity contribution in [2.45, 2.75) is 20.3 Å². The second-order valence-corrected chi connectivity index (χ2v) is 6.30. The van der Waals surface area contributed by atoms with Crippen LogP contribution in [-0.2, 0) is 11.2 Å². The van der Waals surface area contributed by atoms with E-state index in [0.29, 0.717) is 34.7 Å². The van der Waals surface area contributed by atoms with Gasteiger partial charge in [0, 0.05) is 17.8 Å². The molecule has 0 spiro atoms. The lowest BCUT2D eigenvalue weighted by Crippen LogP contribution is -2.07. The summed E-state index contributed by atoms with van der Waals surface area (Å²) in [4.78, 5) is 16.6. The van der Waals surface area contributed by atoms with Crippen molar-refractivity contribution in [1.29, 1.82) is 0 Å². The summed E-state index contributed by atoms with van der Waals surface area (Å²) >= 11 is 0. The first-order valence-corrected chi connectivity index (χ1v) is 8.73. The van der Waals surface area contributed by atoms with Crippen molar-refractivity contribution in [3.05, 3.63) is 58.4 Å². The highest BCUT2D eigenvalue weighted by Crippen LogP contribution is 2.36. The maximum atomic E-state index is 12.3. The molecule has 0 aliphatic rings. The summed E-state index contributed by atoms with van der Waals surface area (Å²) in [5, 5.41) is 10.8. The summed E-state index contributed by atoms with van der Waals surface area (Å²) in [5.74, 6) is 0.375. The van der Waals surface area contributed by atoms with Crippen LogP contribution in [0.2, 0.25) is 0 Å². The normalized spacial score (nSPS) is 10.6. The molecule has 0 saturated heterocycles. The Bertz CT molecular complexity index is 911. The quantitative estimate of drug-likeness (QED) is 0.568. The molecule has 6 nitrogen and oxygen atoms in total. The summed E-state index contributed by atoms with van der Waals surface area (Å²) in [7, 11) is 4.38. The lowest BCUT2D eigenvalue weighted by atomic mass is 9.97. The van der Waals surface area contributed by atoms with Gasteiger partial charge in [-0.2, -0.15) is 0 Å². The number of hydrogen-bond acceptors (Lipinski definition) is 6. The van der Waals surface area contributed by atoms with Crippen LogP contribution in [-0.4, -0.2) is 37.4 Å². The first-order valence-electron chi connectivity index (χ1n) is 8.73. The van der Waals surface area contributed by atoms with Gasteiger partial charge in [-0.15, -0.1) is 0 Å². The minimum atomic E-state index is -0.628. The van der Waals surface area contributed by atoms with Crippen LogP contribution in [0.25, 0.3) is 12.2 Å². The predicted octanol–water partition coefficient (Wildman–Crippen LogP) is 4.27. The SMILES string of the molecule is COC(=O)c1c(C=Cc2cc(OC)ccn2)cc(OC)c(CC=C(C)C)c1O. The van der Waals surface area contributed by atoms with Crippen molar-refractivity contribution in [3.8, 4) is 17.2 Å². The van der Waals surface area contributed by atoms with Crippen molar-refractivity contribution >= 4 is 18.1 Å². The van der Waals surface area contributed by atoms with Crippen molar-refractivity contribution in [1.82, 2.24) is 4.98 Å². The fraction of sp³-hybridized carbons (Fsp3) is 0.273. The maximum Gasteiger partial charge on any atom is 0.342 e. The van der Waals surface area contributed by atoms with Gasteiger partial charge in [0.05, 0.1) is 27.0 Å². The molecule has 1 aromatic carbocycles. The number of benzene rings is 1. The lowest BCUT2D eigenvalue weighted by Gasteiger charge is -2.15. The average Bonchev–Trinajstić information content (AvgIpc) is 2.70. The number of rotatable bonds is 7. The van der Waals surface area contributed by atoms with E-state index in [1.165, 1.54) is 14.2 Å². The molecule has 1 aromatic heterocycles. The highest BCUT2D eigenvalue weighted by Gasteiger charge is 2.22. The number of phenolic OH excluding ortho intramolecular Hbond substituents is 1. The third kappa shape index (κ3) is 4.91. The van der Waals surface area contributed by atoms with Crippen LogP contribution in [0.3, 0.4) is 0 Å². The van der Waals surface area contributed by atoms with Crippen molar-refractivity contribution in [2.24, 2.45) is 0 Å². The highest BCUT2D eigenvalue weighted by atomic mass is 16.5. The average molecular weight is 383 g/mol. The van der Waals surface area contributed by atoms with E-state index >= 15 is 0 Å². The van der Waals surface area contributed by atoms with Crippen LogP contribution >= 0.6 is 0 Å². The molecule has 0 atom stereocenters. The monoisotopic (exact) mass is 383 g/mol. The Morgan fingerprint density at radius 3 is 2.50 bits per heavy atom. The first kappa shape index (κ1) is 21.0. The largest absolute Gasteiger partial charge is 0.507 e. The lowest BCUT2D eigenvalue weighted by molar-refractivity contribution is 0.0597. The minimum absolute atomic E-state index is 0.0830. The van der Waals surface area contributed by atoms with Gasteiger partial charge >= 0.3 is 5.97 Å². The van der Waals surface area contributed by atoms with Gasteiger partial charge in [-0.1, -0.05) is 17.7 Å². The van der Waals surface area contributed by atoms with Crippen LogP contribution in [0, 0.1) is 0 Å². The van der Waals surface area contributed by atoms with Crippen LogP contribution in [0.4, 0.5) is 0 Å². The number of carbonyl (C=O) groups excluding carboxylic acids is 1. The molecule has 0 unspecified atom stereocenters. The number of carbonyl (C=O) groups is 1. The van der Waals surface area contributed by atoms with E-state index in [-0.39, 0.29) is 11.3 Å². The zero-order valence-electron chi connectivity index (χ0n) is 16.8. The van der Waals surface area contributed by atoms with Gasteiger partial charge in [-0.25, -0.2) is 4.79 Å². The van der Waals surface area contributed by atoms with Gasteiger partial charge in [0.1, 0.15) is 22.8 Å². The van der Waals surface area contributed by atoms with E-state index in [9.17, 15) is 9.90 Å². The molecule has 1 N–H and O–H groups in total. The molecule has 0 amide bonds. The summed E-state index contributed by atoms with van der Waals surface area (Å²) in [6.45, 7) is 3.92. The molecule has 6 heteroatoms. The van der Waals surface area contributed by atoms with Gasteiger partial charge in [-0.3, -0.25) is 4.98 Å². The highest BCUT2D eigenvalue weighted by molar-refractivity contribution is 5.98. The number of aromatic nitrogens is 1. The second-order valence-electron chi connectivity index (χ2n) is 6.30. The van der Waals surface area contributed by atoms with E-state index in [0.717, 1.165) is 5.57 Å². The molecule has 0 saturated carbocycles. The summed E-state index contributed by atoms with van der Waals surface area (Å²) in [5.41, 5.74) is 2.81. The summed E-state index contributed by atoms with van der Waals surface area (Å²) in [6, 6.07) is 5.20. The Labute approximate surface area is 165 Å². The van der Waals surface area contributed by atoms with E-state index < -0.39 is 5.97 Å². The standard InChI is InChI=1S/C22H25NO5/c1-14(2)6-9-18-19(27-4)12-15(20(21(18)24)22(25)28-5)7-8-16-13-17(26-3)10-11-23-16/h6-8,10-13,24H,9H2,1-5H3. The van der Waals surface area contributed by atoms with E-state index in [2.05, 4.69) is 4.98 Å². The first-order chi connectivity index (χ1) is 13.4. The number of aromatic hydroxyl groups is 1. The number of phenols is 1. The molecular weight excluding hydrogens is 358 g/mol. The molecule has 0 aliphatic heterocycles. The van der Waals surface area contributed by atoms with Gasteiger partial charge in [0.25, 0.3) is 0 Å². The molecule has 28 heavy (non-hydrogen) atoms. The Balaban J connectivity index is 2.58. The Morgan fingerprint density at radius 1 is 1.14 bits per heavy atom. The molecule has 0 aliphatic carbocycles. The minimum Gasteiger partial charge on any atom is -0.507 e. The number of allylic oxidation sites excluding steroid dienone is 2. The molecule has 2 aromatic rings. The fourth-order valence-electron chi connectivity index (χ4n) is 2.66. The van der Waals surface area contributed by atoms with Crippen LogP contribution in [0.1, 0.15) is 41.0 Å². The van der Waals surface area contributed by atoms with Gasteiger partial charge in [0.15, 0.2) is 0 Å². The zero-order valence-corrected chi connectivity index (χ0v) is 16.8. The third-order valence-electron chi connectivity index (χ3n) is 4.14. The molecule has 1 heterocycles.